The van der Waals surface area contributed by atoms with Crippen LogP contribution in [0.25, 0.3) is 0 Å². The van der Waals surface area contributed by atoms with Gasteiger partial charge >= 0.3 is 0 Å². The van der Waals surface area contributed by atoms with Gasteiger partial charge in [-0.05, 0) is 17.7 Å². The van der Waals surface area contributed by atoms with E-state index in [0.29, 0.717) is 5.02 Å². The van der Waals surface area contributed by atoms with Crippen molar-refractivity contribution < 1.29 is 9.59 Å². The van der Waals surface area contributed by atoms with Gasteiger partial charge in [0.1, 0.15) is 0 Å². The second kappa shape index (κ2) is 3.42. The Labute approximate surface area is 86.1 Å². The fourth-order valence-corrected chi connectivity index (χ4v) is 1.64. The van der Waals surface area contributed by atoms with Crippen LogP contribution < -0.4 is 5.32 Å². The highest BCUT2D eigenvalue weighted by Crippen LogP contribution is 2.25. The maximum atomic E-state index is 11.3. The lowest BCUT2D eigenvalue weighted by atomic mass is 9.98. The molecule has 3 nitrogen and oxygen atoms in total. The van der Waals surface area contributed by atoms with E-state index in [1.54, 1.807) is 24.3 Å². The Morgan fingerprint density at radius 2 is 1.86 bits per heavy atom. The summed E-state index contributed by atoms with van der Waals surface area (Å²) in [5.74, 6) is -0.785. The highest BCUT2D eigenvalue weighted by molar-refractivity contribution is 6.30. The van der Waals surface area contributed by atoms with Crippen LogP contribution in [0.3, 0.4) is 0 Å². The van der Waals surface area contributed by atoms with Crippen molar-refractivity contribution in [3.05, 3.63) is 34.9 Å². The SMILES string of the molecule is O=C1CC(c2ccc(Cl)cc2)C(=O)N1. The molecule has 1 N–H and O–H groups in total. The molecule has 1 aromatic rings. The van der Waals surface area contributed by atoms with E-state index < -0.39 is 0 Å². The van der Waals surface area contributed by atoms with E-state index in [9.17, 15) is 9.59 Å². The largest absolute Gasteiger partial charge is 0.296 e. The van der Waals surface area contributed by atoms with Gasteiger partial charge in [-0.25, -0.2) is 0 Å². The molecule has 0 aromatic heterocycles. The summed E-state index contributed by atoms with van der Waals surface area (Å²) in [5.41, 5.74) is 0.831. The summed E-state index contributed by atoms with van der Waals surface area (Å²) in [7, 11) is 0. The molecule has 2 amide bonds. The molecule has 0 aliphatic carbocycles. The molecular formula is C10H8ClNO2. The van der Waals surface area contributed by atoms with Crippen molar-refractivity contribution >= 4 is 23.4 Å². The van der Waals surface area contributed by atoms with Crippen LogP contribution in [-0.4, -0.2) is 11.8 Å². The second-order valence-electron chi connectivity index (χ2n) is 3.22. The average Bonchev–Trinajstić information content (AvgIpc) is 2.47. The van der Waals surface area contributed by atoms with Crippen LogP contribution in [0.2, 0.25) is 5.02 Å². The summed E-state index contributed by atoms with van der Waals surface area (Å²) in [5, 5.41) is 2.89. The number of rotatable bonds is 1. The van der Waals surface area contributed by atoms with Crippen molar-refractivity contribution in [2.45, 2.75) is 12.3 Å². The first-order valence-electron chi connectivity index (χ1n) is 4.26. The molecule has 1 aromatic carbocycles. The molecule has 72 valence electrons. The molecule has 1 atom stereocenters. The summed E-state index contributed by atoms with van der Waals surface area (Å²) < 4.78 is 0. The molecule has 0 spiro atoms. The predicted molar refractivity (Wildman–Crippen MR) is 52.0 cm³/mol. The summed E-state index contributed by atoms with van der Waals surface area (Å²) in [6, 6.07) is 6.97. The normalized spacial score (nSPS) is 21.1. The summed E-state index contributed by atoms with van der Waals surface area (Å²) in [6.07, 6.45) is 0.237. The zero-order chi connectivity index (χ0) is 10.1. The molecular weight excluding hydrogens is 202 g/mol. The van der Waals surface area contributed by atoms with Crippen LogP contribution in [0, 0.1) is 0 Å². The van der Waals surface area contributed by atoms with Gasteiger partial charge in [0.25, 0.3) is 0 Å². The Kier molecular flexibility index (Phi) is 2.25. The Bertz CT molecular complexity index is 386. The number of imide groups is 1. The van der Waals surface area contributed by atoms with E-state index in [2.05, 4.69) is 5.32 Å². The molecule has 1 saturated heterocycles. The smallest absolute Gasteiger partial charge is 0.234 e. The van der Waals surface area contributed by atoms with Crippen molar-refractivity contribution in [1.29, 1.82) is 0 Å². The number of hydrogen-bond acceptors (Lipinski definition) is 2. The van der Waals surface area contributed by atoms with Crippen molar-refractivity contribution in [3.8, 4) is 0 Å². The monoisotopic (exact) mass is 209 g/mol. The van der Waals surface area contributed by atoms with Gasteiger partial charge in [-0.2, -0.15) is 0 Å². The third-order valence-corrected chi connectivity index (χ3v) is 2.49. The zero-order valence-corrected chi connectivity index (χ0v) is 8.04. The molecule has 1 fully saturated rings. The molecule has 0 radical (unpaired) electrons. The molecule has 0 bridgehead atoms. The molecule has 4 heteroatoms. The maximum absolute atomic E-state index is 11.3. The highest BCUT2D eigenvalue weighted by atomic mass is 35.5. The first-order chi connectivity index (χ1) is 6.66. The van der Waals surface area contributed by atoms with Gasteiger partial charge in [0.2, 0.25) is 11.8 Å². The average molecular weight is 210 g/mol. The van der Waals surface area contributed by atoms with E-state index in [-0.39, 0.29) is 24.2 Å². The zero-order valence-electron chi connectivity index (χ0n) is 7.29. The highest BCUT2D eigenvalue weighted by Gasteiger charge is 2.31. The van der Waals surface area contributed by atoms with Crippen LogP contribution in [0.5, 0.6) is 0 Å². The minimum atomic E-state index is -0.347. The lowest BCUT2D eigenvalue weighted by Gasteiger charge is -2.05. The lowest BCUT2D eigenvalue weighted by Crippen LogP contribution is -2.21. The van der Waals surface area contributed by atoms with E-state index >= 15 is 0 Å². The Balaban J connectivity index is 2.27. The number of benzene rings is 1. The summed E-state index contributed by atoms with van der Waals surface area (Å²) >= 11 is 5.72. The van der Waals surface area contributed by atoms with Gasteiger partial charge in [-0.1, -0.05) is 23.7 Å². The Hall–Kier alpha value is -1.35. The van der Waals surface area contributed by atoms with Crippen LogP contribution in [0.1, 0.15) is 17.9 Å². The van der Waals surface area contributed by atoms with Gasteiger partial charge in [-0.3, -0.25) is 14.9 Å². The van der Waals surface area contributed by atoms with Gasteiger partial charge in [0.05, 0.1) is 5.92 Å². The molecule has 1 aliphatic heterocycles. The van der Waals surface area contributed by atoms with Crippen molar-refractivity contribution in [2.75, 3.05) is 0 Å². The Morgan fingerprint density at radius 1 is 1.21 bits per heavy atom. The van der Waals surface area contributed by atoms with Crippen molar-refractivity contribution in [3.63, 3.8) is 0 Å². The second-order valence-corrected chi connectivity index (χ2v) is 3.66. The molecule has 14 heavy (non-hydrogen) atoms. The van der Waals surface area contributed by atoms with Gasteiger partial charge in [0.15, 0.2) is 0 Å². The summed E-state index contributed by atoms with van der Waals surface area (Å²) in [4.78, 5) is 22.3. The number of carbonyl (C=O) groups excluding carboxylic acids is 2. The molecule has 1 aliphatic rings. The van der Waals surface area contributed by atoms with Gasteiger partial charge in [-0.15, -0.1) is 0 Å². The minimum Gasteiger partial charge on any atom is -0.296 e. The summed E-state index contributed by atoms with van der Waals surface area (Å²) in [6.45, 7) is 0. The molecule has 1 unspecified atom stereocenters. The minimum absolute atomic E-state index is 0.213. The van der Waals surface area contributed by atoms with Crippen molar-refractivity contribution in [1.82, 2.24) is 5.32 Å². The van der Waals surface area contributed by atoms with E-state index in [4.69, 9.17) is 11.6 Å². The quantitative estimate of drug-likeness (QED) is 0.712. The molecule has 2 rings (SSSR count). The lowest BCUT2D eigenvalue weighted by molar-refractivity contribution is -0.125. The number of hydrogen-bond donors (Lipinski definition) is 1. The van der Waals surface area contributed by atoms with E-state index in [1.165, 1.54) is 0 Å². The van der Waals surface area contributed by atoms with E-state index in [1.807, 2.05) is 0 Å². The number of amides is 2. The third-order valence-electron chi connectivity index (χ3n) is 2.24. The number of halogens is 1. The maximum Gasteiger partial charge on any atom is 0.234 e. The van der Waals surface area contributed by atoms with Crippen LogP contribution in [0.15, 0.2) is 24.3 Å². The number of carbonyl (C=O) groups is 2. The molecule has 0 saturated carbocycles. The fourth-order valence-electron chi connectivity index (χ4n) is 1.52. The first kappa shape index (κ1) is 9.21. The van der Waals surface area contributed by atoms with Crippen LogP contribution in [0.4, 0.5) is 0 Å². The van der Waals surface area contributed by atoms with Crippen LogP contribution >= 0.6 is 11.6 Å². The van der Waals surface area contributed by atoms with Crippen LogP contribution in [-0.2, 0) is 9.59 Å². The Morgan fingerprint density at radius 3 is 2.36 bits per heavy atom. The molecule has 1 heterocycles. The van der Waals surface area contributed by atoms with E-state index in [0.717, 1.165) is 5.56 Å². The standard InChI is InChI=1S/C10H8ClNO2/c11-7-3-1-6(2-4-7)8-5-9(13)12-10(8)14/h1-4,8H,5H2,(H,12,13,14). The topological polar surface area (TPSA) is 46.2 Å². The fraction of sp³-hybridized carbons (Fsp3) is 0.200. The van der Waals surface area contributed by atoms with Gasteiger partial charge < -0.3 is 0 Å². The third kappa shape index (κ3) is 1.63. The number of nitrogens with one attached hydrogen (secondary N) is 1. The van der Waals surface area contributed by atoms with Crippen molar-refractivity contribution in [2.24, 2.45) is 0 Å². The van der Waals surface area contributed by atoms with Gasteiger partial charge in [0, 0.05) is 11.4 Å². The first-order valence-corrected chi connectivity index (χ1v) is 4.64. The predicted octanol–water partition coefficient (Wildman–Crippen LogP) is 1.47.